The smallest absolute Gasteiger partial charge is 0.364 e. The third-order valence-electron chi connectivity index (χ3n) is 6.16. The monoisotopic (exact) mass is 423 g/mol. The number of fused-ring (bicyclic) bond motifs is 3. The average Bonchev–Trinajstić information content (AvgIpc) is 3.19. The zero-order valence-corrected chi connectivity index (χ0v) is 17.1. The van der Waals surface area contributed by atoms with Crippen molar-refractivity contribution in [2.24, 2.45) is 5.92 Å². The van der Waals surface area contributed by atoms with Crippen LogP contribution < -0.4 is 10.2 Å². The molecule has 0 aromatic carbocycles. The Labute approximate surface area is 174 Å². The molecule has 0 radical (unpaired) electrons. The van der Waals surface area contributed by atoms with E-state index in [1.165, 1.54) is 0 Å². The highest BCUT2D eigenvalue weighted by Gasteiger charge is 2.34. The summed E-state index contributed by atoms with van der Waals surface area (Å²) in [5, 5.41) is 3.64. The Balaban J connectivity index is 1.51. The van der Waals surface area contributed by atoms with Crippen LogP contribution in [0.5, 0.6) is 0 Å². The summed E-state index contributed by atoms with van der Waals surface area (Å²) in [7, 11) is 1.67. The molecule has 9 heteroatoms. The molecule has 6 nitrogen and oxygen atoms in total. The average molecular weight is 423 g/mol. The van der Waals surface area contributed by atoms with Gasteiger partial charge in [0.25, 0.3) is 0 Å². The van der Waals surface area contributed by atoms with Gasteiger partial charge in [0.1, 0.15) is 12.4 Å². The summed E-state index contributed by atoms with van der Waals surface area (Å²) in [6.45, 7) is 4.87. The number of halogens is 3. The molecule has 2 aromatic rings. The molecule has 2 aromatic heterocycles. The Kier molecular flexibility index (Phi) is 5.92. The minimum atomic E-state index is -4.15. The molecule has 0 spiro atoms. The van der Waals surface area contributed by atoms with Crippen molar-refractivity contribution >= 4 is 22.4 Å². The quantitative estimate of drug-likeness (QED) is 0.738. The Hall–Kier alpha value is -2.26. The number of aromatic amines is 1. The largest absolute Gasteiger partial charge is 0.401 e. The zero-order valence-electron chi connectivity index (χ0n) is 17.1. The third-order valence-corrected chi connectivity index (χ3v) is 6.16. The van der Waals surface area contributed by atoms with Gasteiger partial charge in [-0.05, 0) is 44.2 Å². The minimum Gasteiger partial charge on any atom is -0.364 e. The van der Waals surface area contributed by atoms with E-state index < -0.39 is 12.7 Å². The van der Waals surface area contributed by atoms with Crippen molar-refractivity contribution in [3.05, 3.63) is 30.6 Å². The summed E-state index contributed by atoms with van der Waals surface area (Å²) in [5.41, 5.74) is 3.87. The van der Waals surface area contributed by atoms with Gasteiger partial charge >= 0.3 is 6.18 Å². The lowest BCUT2D eigenvalue weighted by atomic mass is 9.84. The van der Waals surface area contributed by atoms with Crippen LogP contribution in [0, 0.1) is 5.92 Å². The molecule has 1 fully saturated rings. The summed E-state index contributed by atoms with van der Waals surface area (Å²) < 4.78 is 42.5. The minimum absolute atomic E-state index is 0.280. The molecule has 4 rings (SSSR count). The van der Waals surface area contributed by atoms with Gasteiger partial charge in [0.2, 0.25) is 0 Å². The number of ether oxygens (including phenoxy) is 1. The van der Waals surface area contributed by atoms with Gasteiger partial charge in [-0.15, -0.1) is 0 Å². The standard InChI is InChI=1S/C21H28F3N5O/c1-14-18-10-27-20-17(7-8-26-20)19(18)29(12-28(14)13-30-2)16-5-3-15(4-6-16)9-25-11-21(22,23)24/h7-8,10,15-16,25H,1,3-6,9,11-13H2,2H3,(H,26,27). The van der Waals surface area contributed by atoms with Crippen LogP contribution in [-0.2, 0) is 4.74 Å². The predicted octanol–water partition coefficient (Wildman–Crippen LogP) is 3.93. The Morgan fingerprint density at radius 2 is 2.07 bits per heavy atom. The first-order chi connectivity index (χ1) is 14.4. The van der Waals surface area contributed by atoms with Crippen molar-refractivity contribution in [1.82, 2.24) is 20.2 Å². The summed E-state index contributed by atoms with van der Waals surface area (Å²) in [4.78, 5) is 12.2. The van der Waals surface area contributed by atoms with E-state index in [0.717, 1.165) is 53.7 Å². The van der Waals surface area contributed by atoms with Crippen molar-refractivity contribution in [1.29, 1.82) is 0 Å². The predicted molar refractivity (Wildman–Crippen MR) is 111 cm³/mol. The van der Waals surface area contributed by atoms with Gasteiger partial charge in [0.15, 0.2) is 0 Å². The fourth-order valence-corrected chi connectivity index (χ4v) is 4.68. The van der Waals surface area contributed by atoms with E-state index in [9.17, 15) is 13.2 Å². The van der Waals surface area contributed by atoms with Gasteiger partial charge in [-0.3, -0.25) is 0 Å². The molecule has 30 heavy (non-hydrogen) atoms. The second-order valence-corrected chi connectivity index (χ2v) is 8.20. The molecule has 1 aliphatic carbocycles. The Morgan fingerprint density at radius 3 is 2.77 bits per heavy atom. The lowest BCUT2D eigenvalue weighted by Crippen LogP contribution is -2.49. The first kappa shape index (κ1) is 21.0. The van der Waals surface area contributed by atoms with E-state index in [1.54, 1.807) is 7.11 Å². The molecule has 0 bridgehead atoms. The molecular weight excluding hydrogens is 395 g/mol. The highest BCUT2D eigenvalue weighted by Crippen LogP contribution is 2.42. The highest BCUT2D eigenvalue weighted by molar-refractivity contribution is 5.97. The first-order valence-corrected chi connectivity index (χ1v) is 10.3. The van der Waals surface area contributed by atoms with Crippen molar-refractivity contribution in [3.63, 3.8) is 0 Å². The van der Waals surface area contributed by atoms with Gasteiger partial charge in [0, 0.05) is 42.2 Å². The molecule has 1 aliphatic heterocycles. The van der Waals surface area contributed by atoms with Crippen molar-refractivity contribution < 1.29 is 17.9 Å². The van der Waals surface area contributed by atoms with Crippen molar-refractivity contribution in [2.75, 3.05) is 38.5 Å². The number of methoxy groups -OCH3 is 1. The summed E-state index contributed by atoms with van der Waals surface area (Å²) in [6, 6.07) is 2.36. The molecule has 3 heterocycles. The number of nitrogens with one attached hydrogen (secondary N) is 2. The van der Waals surface area contributed by atoms with Crippen LogP contribution in [0.25, 0.3) is 16.7 Å². The van der Waals surface area contributed by atoms with Crippen molar-refractivity contribution in [3.8, 4) is 0 Å². The number of hydrogen-bond acceptors (Lipinski definition) is 5. The van der Waals surface area contributed by atoms with E-state index in [2.05, 4.69) is 31.7 Å². The number of aromatic nitrogens is 2. The van der Waals surface area contributed by atoms with Crippen LogP contribution in [0.3, 0.4) is 0 Å². The number of hydrogen-bond donors (Lipinski definition) is 2. The zero-order chi connectivity index (χ0) is 21.3. The van der Waals surface area contributed by atoms with E-state index >= 15 is 0 Å². The second kappa shape index (κ2) is 8.47. The maximum atomic E-state index is 12.4. The van der Waals surface area contributed by atoms with Crippen LogP contribution >= 0.6 is 0 Å². The lowest BCUT2D eigenvalue weighted by molar-refractivity contribution is -0.125. The molecule has 2 N–H and O–H groups in total. The van der Waals surface area contributed by atoms with Gasteiger partial charge < -0.3 is 24.8 Å². The Bertz CT molecular complexity index is 888. The highest BCUT2D eigenvalue weighted by atomic mass is 19.4. The first-order valence-electron chi connectivity index (χ1n) is 10.3. The molecule has 0 saturated heterocycles. The van der Waals surface area contributed by atoms with Gasteiger partial charge in [0.05, 0.1) is 18.9 Å². The van der Waals surface area contributed by atoms with Gasteiger partial charge in [-0.25, -0.2) is 4.98 Å². The number of nitrogens with zero attached hydrogens (tertiary/aromatic N) is 3. The Morgan fingerprint density at radius 1 is 1.30 bits per heavy atom. The fraction of sp³-hybridized carbons (Fsp3) is 0.571. The van der Waals surface area contributed by atoms with Crippen LogP contribution in [0.4, 0.5) is 18.9 Å². The molecule has 0 amide bonds. The molecular formula is C21H28F3N5O. The topological polar surface area (TPSA) is 56.4 Å². The summed E-state index contributed by atoms with van der Waals surface area (Å²) >= 11 is 0. The van der Waals surface area contributed by atoms with E-state index in [0.29, 0.717) is 26.0 Å². The van der Waals surface area contributed by atoms with E-state index in [4.69, 9.17) is 4.74 Å². The van der Waals surface area contributed by atoms with Gasteiger partial charge in [-0.2, -0.15) is 13.2 Å². The number of anilines is 1. The maximum Gasteiger partial charge on any atom is 0.401 e. The van der Waals surface area contributed by atoms with Gasteiger partial charge in [-0.1, -0.05) is 6.58 Å². The van der Waals surface area contributed by atoms with E-state index in [1.807, 2.05) is 18.5 Å². The van der Waals surface area contributed by atoms with Crippen LogP contribution in [0.15, 0.2) is 25.0 Å². The molecule has 2 aliphatic rings. The summed E-state index contributed by atoms with van der Waals surface area (Å²) in [5.74, 6) is 0.280. The maximum absolute atomic E-state index is 12.4. The normalized spacial score (nSPS) is 22.6. The second-order valence-electron chi connectivity index (χ2n) is 8.20. The molecule has 1 saturated carbocycles. The molecule has 0 atom stereocenters. The fourth-order valence-electron chi connectivity index (χ4n) is 4.68. The number of pyridine rings is 1. The van der Waals surface area contributed by atoms with Crippen LogP contribution in [0.1, 0.15) is 31.2 Å². The molecule has 164 valence electrons. The number of H-pyrrole nitrogens is 1. The SMILES string of the molecule is C=C1c2cnc3[nH]ccc3c2N(C2CCC(CNCC(F)(F)F)CC2)CN1COC. The van der Waals surface area contributed by atoms with Crippen LogP contribution in [-0.4, -0.2) is 60.7 Å². The molecule has 0 unspecified atom stereocenters. The third kappa shape index (κ3) is 4.27. The number of rotatable bonds is 6. The van der Waals surface area contributed by atoms with E-state index in [-0.39, 0.29) is 5.92 Å². The van der Waals surface area contributed by atoms with Crippen molar-refractivity contribution in [2.45, 2.75) is 37.9 Å². The lowest BCUT2D eigenvalue weighted by Gasteiger charge is -2.46. The van der Waals surface area contributed by atoms with Crippen LogP contribution in [0.2, 0.25) is 0 Å². The number of alkyl halides is 3. The summed E-state index contributed by atoms with van der Waals surface area (Å²) in [6.07, 6.45) is 3.31.